The normalized spacial score (nSPS) is 16.3. The molecular formula is C20H24FN3O3. The predicted molar refractivity (Wildman–Crippen MR) is 99.2 cm³/mol. The Morgan fingerprint density at radius 1 is 1.22 bits per heavy atom. The van der Waals surface area contributed by atoms with Crippen molar-refractivity contribution in [3.63, 3.8) is 0 Å². The molecule has 1 aliphatic rings. The van der Waals surface area contributed by atoms with Gasteiger partial charge in [0.25, 0.3) is 6.47 Å². The van der Waals surface area contributed by atoms with Gasteiger partial charge >= 0.3 is 0 Å². The van der Waals surface area contributed by atoms with Crippen molar-refractivity contribution in [2.45, 2.75) is 32.0 Å². The fraction of sp³-hybridized carbons (Fsp3) is 0.350. The number of hydrogen-bond acceptors (Lipinski definition) is 4. The average molecular weight is 373 g/mol. The van der Waals surface area contributed by atoms with E-state index in [1.54, 1.807) is 24.5 Å². The molecule has 6 nitrogen and oxygen atoms in total. The summed E-state index contributed by atoms with van der Waals surface area (Å²) in [4.78, 5) is 29.4. The highest BCUT2D eigenvalue weighted by Crippen LogP contribution is 2.20. The molecule has 1 saturated heterocycles. The topological polar surface area (TPSA) is 73.7 Å². The summed E-state index contributed by atoms with van der Waals surface area (Å²) in [7, 11) is 2.00. The van der Waals surface area contributed by atoms with Crippen LogP contribution in [0.5, 0.6) is 0 Å². The quantitative estimate of drug-likeness (QED) is 0.816. The Bertz CT molecular complexity index is 725. The van der Waals surface area contributed by atoms with Crippen LogP contribution in [0.25, 0.3) is 0 Å². The van der Waals surface area contributed by atoms with Gasteiger partial charge in [0.1, 0.15) is 5.82 Å². The second-order valence-corrected chi connectivity index (χ2v) is 6.42. The van der Waals surface area contributed by atoms with Crippen molar-refractivity contribution in [3.8, 4) is 0 Å². The molecule has 0 saturated carbocycles. The standard InChI is InChI=1S/C19H22FN3O.CH2O2/c1-22-12-2-3-18(22)19(24)23(14-16-8-10-21-11-9-16)13-15-4-6-17(20)7-5-15;2-1-3/h4-11,18H,2-3,12-14H2,1H3;1H,(H,2,3)/t18-;/m0./s1. The third-order valence-corrected chi connectivity index (χ3v) is 4.53. The Kier molecular flexibility index (Phi) is 7.88. The highest BCUT2D eigenvalue weighted by atomic mass is 19.1. The third-order valence-electron chi connectivity index (χ3n) is 4.53. The minimum Gasteiger partial charge on any atom is -0.483 e. The maximum absolute atomic E-state index is 13.1. The van der Waals surface area contributed by atoms with E-state index in [9.17, 15) is 9.18 Å². The van der Waals surface area contributed by atoms with Crippen LogP contribution >= 0.6 is 0 Å². The van der Waals surface area contributed by atoms with Crippen LogP contribution in [0.3, 0.4) is 0 Å². The van der Waals surface area contributed by atoms with Crippen LogP contribution in [-0.4, -0.2) is 51.9 Å². The van der Waals surface area contributed by atoms with Crippen molar-refractivity contribution in [2.75, 3.05) is 13.6 Å². The molecule has 1 aromatic carbocycles. The first kappa shape index (κ1) is 20.5. The van der Waals surface area contributed by atoms with Gasteiger partial charge < -0.3 is 10.0 Å². The highest BCUT2D eigenvalue weighted by Gasteiger charge is 2.31. The monoisotopic (exact) mass is 373 g/mol. The largest absolute Gasteiger partial charge is 0.483 e. The number of benzene rings is 1. The number of pyridine rings is 1. The lowest BCUT2D eigenvalue weighted by Gasteiger charge is -2.29. The number of nitrogens with zero attached hydrogens (tertiary/aromatic N) is 3. The molecule has 1 atom stereocenters. The zero-order valence-corrected chi connectivity index (χ0v) is 15.3. The lowest BCUT2D eigenvalue weighted by atomic mass is 10.1. The van der Waals surface area contributed by atoms with Crippen LogP contribution in [0.4, 0.5) is 4.39 Å². The van der Waals surface area contributed by atoms with E-state index < -0.39 is 0 Å². The van der Waals surface area contributed by atoms with E-state index in [0.29, 0.717) is 13.1 Å². The molecular weight excluding hydrogens is 349 g/mol. The lowest BCUT2D eigenvalue weighted by molar-refractivity contribution is -0.136. The molecule has 1 fully saturated rings. The molecule has 1 aromatic heterocycles. The molecule has 2 aromatic rings. The Balaban J connectivity index is 0.000000817. The van der Waals surface area contributed by atoms with Crippen molar-refractivity contribution < 1.29 is 19.1 Å². The van der Waals surface area contributed by atoms with Crippen molar-refractivity contribution in [3.05, 3.63) is 65.7 Å². The van der Waals surface area contributed by atoms with Gasteiger partial charge in [-0.2, -0.15) is 0 Å². The van der Waals surface area contributed by atoms with Gasteiger partial charge in [-0.1, -0.05) is 12.1 Å². The van der Waals surface area contributed by atoms with E-state index in [0.717, 1.165) is 30.5 Å². The molecule has 2 heterocycles. The number of amides is 1. The number of carbonyl (C=O) groups is 2. The molecule has 1 aliphatic heterocycles. The predicted octanol–water partition coefficient (Wildman–Crippen LogP) is 2.54. The number of rotatable bonds is 5. The van der Waals surface area contributed by atoms with Crippen LogP contribution in [0.1, 0.15) is 24.0 Å². The fourth-order valence-electron chi connectivity index (χ4n) is 3.16. The molecule has 0 bridgehead atoms. The van der Waals surface area contributed by atoms with Crippen LogP contribution in [0, 0.1) is 5.82 Å². The number of carbonyl (C=O) groups excluding carboxylic acids is 1. The van der Waals surface area contributed by atoms with Gasteiger partial charge in [-0.3, -0.25) is 19.5 Å². The molecule has 3 rings (SSSR count). The molecule has 7 heteroatoms. The van der Waals surface area contributed by atoms with E-state index in [-0.39, 0.29) is 24.2 Å². The zero-order valence-electron chi connectivity index (χ0n) is 15.3. The SMILES string of the molecule is CN1CCC[C@H]1C(=O)N(Cc1ccncc1)Cc1ccc(F)cc1.O=CO. The van der Waals surface area contributed by atoms with Gasteiger partial charge in [0.2, 0.25) is 5.91 Å². The van der Waals surface area contributed by atoms with Crippen LogP contribution in [-0.2, 0) is 22.7 Å². The van der Waals surface area contributed by atoms with Gasteiger partial charge in [0.05, 0.1) is 6.04 Å². The molecule has 0 aliphatic carbocycles. The number of aromatic nitrogens is 1. The van der Waals surface area contributed by atoms with Gasteiger partial charge in [0.15, 0.2) is 0 Å². The second-order valence-electron chi connectivity index (χ2n) is 6.42. The molecule has 27 heavy (non-hydrogen) atoms. The summed E-state index contributed by atoms with van der Waals surface area (Å²) in [6.07, 6.45) is 5.41. The first-order valence-electron chi connectivity index (χ1n) is 8.75. The Morgan fingerprint density at radius 2 is 1.78 bits per heavy atom. The minimum absolute atomic E-state index is 0.0627. The van der Waals surface area contributed by atoms with Crippen molar-refractivity contribution in [1.29, 1.82) is 0 Å². The van der Waals surface area contributed by atoms with Crippen LogP contribution in [0.2, 0.25) is 0 Å². The Morgan fingerprint density at radius 3 is 2.30 bits per heavy atom. The van der Waals surface area contributed by atoms with Gasteiger partial charge in [-0.05, 0) is 61.8 Å². The molecule has 144 valence electrons. The second kappa shape index (κ2) is 10.4. The summed E-state index contributed by atoms with van der Waals surface area (Å²) in [5, 5.41) is 6.89. The highest BCUT2D eigenvalue weighted by molar-refractivity contribution is 5.82. The van der Waals surface area contributed by atoms with Crippen molar-refractivity contribution >= 4 is 12.4 Å². The maximum Gasteiger partial charge on any atom is 0.290 e. The van der Waals surface area contributed by atoms with Gasteiger partial charge in [-0.25, -0.2) is 4.39 Å². The number of halogens is 1. The van der Waals surface area contributed by atoms with E-state index in [1.807, 2.05) is 24.1 Å². The summed E-state index contributed by atoms with van der Waals surface area (Å²) in [5.74, 6) is -0.127. The first-order valence-corrected chi connectivity index (χ1v) is 8.75. The molecule has 0 spiro atoms. The van der Waals surface area contributed by atoms with Gasteiger partial charge in [-0.15, -0.1) is 0 Å². The van der Waals surface area contributed by atoms with Crippen molar-refractivity contribution in [2.24, 2.45) is 0 Å². The van der Waals surface area contributed by atoms with E-state index in [4.69, 9.17) is 9.90 Å². The maximum atomic E-state index is 13.1. The smallest absolute Gasteiger partial charge is 0.290 e. The average Bonchev–Trinajstić information content (AvgIpc) is 3.10. The van der Waals surface area contributed by atoms with E-state index in [1.165, 1.54) is 12.1 Å². The first-order chi connectivity index (χ1) is 13.0. The van der Waals surface area contributed by atoms with Crippen LogP contribution < -0.4 is 0 Å². The molecule has 0 unspecified atom stereocenters. The third kappa shape index (κ3) is 6.14. The molecule has 1 N–H and O–H groups in total. The fourth-order valence-corrected chi connectivity index (χ4v) is 3.16. The Labute approximate surface area is 158 Å². The number of carboxylic acid groups (broad SMARTS) is 1. The summed E-state index contributed by atoms with van der Waals surface area (Å²) in [6.45, 7) is 1.71. The Hall–Kier alpha value is -2.80. The summed E-state index contributed by atoms with van der Waals surface area (Å²) in [6, 6.07) is 10.1. The number of likely N-dealkylation sites (tertiary alicyclic amines) is 1. The van der Waals surface area contributed by atoms with E-state index in [2.05, 4.69) is 9.88 Å². The van der Waals surface area contributed by atoms with E-state index >= 15 is 0 Å². The number of likely N-dealkylation sites (N-methyl/N-ethyl adjacent to an activating group) is 1. The van der Waals surface area contributed by atoms with Crippen LogP contribution in [0.15, 0.2) is 48.8 Å². The molecule has 0 radical (unpaired) electrons. The summed E-state index contributed by atoms with van der Waals surface area (Å²) in [5.41, 5.74) is 1.97. The number of hydrogen-bond donors (Lipinski definition) is 1. The zero-order chi connectivity index (χ0) is 19.6. The summed E-state index contributed by atoms with van der Waals surface area (Å²) < 4.78 is 13.1. The lowest BCUT2D eigenvalue weighted by Crippen LogP contribution is -2.43. The van der Waals surface area contributed by atoms with Gasteiger partial charge in [0, 0.05) is 25.5 Å². The molecule has 1 amide bonds. The summed E-state index contributed by atoms with van der Waals surface area (Å²) >= 11 is 0. The minimum atomic E-state index is -0.263. The van der Waals surface area contributed by atoms with Crippen molar-refractivity contribution in [1.82, 2.24) is 14.8 Å².